The Hall–Kier alpha value is -1.79. The number of halogens is 1. The Bertz CT molecular complexity index is 528. The van der Waals surface area contributed by atoms with Gasteiger partial charge in [-0.15, -0.1) is 12.4 Å². The van der Waals surface area contributed by atoms with Crippen LogP contribution < -0.4 is 21.3 Å². The summed E-state index contributed by atoms with van der Waals surface area (Å²) in [5.41, 5.74) is 1.26. The Morgan fingerprint density at radius 1 is 1.25 bits per heavy atom. The number of nitrogens with one attached hydrogen (secondary N) is 4. The van der Waals surface area contributed by atoms with Crippen LogP contribution in [-0.4, -0.2) is 37.6 Å². The van der Waals surface area contributed by atoms with E-state index < -0.39 is 0 Å². The molecule has 0 spiro atoms. The van der Waals surface area contributed by atoms with E-state index in [-0.39, 0.29) is 30.4 Å². The number of piperidine rings is 1. The monoisotopic (exact) mass is 354 g/mol. The van der Waals surface area contributed by atoms with Gasteiger partial charge in [0.1, 0.15) is 0 Å². The van der Waals surface area contributed by atoms with Crippen LogP contribution in [0.5, 0.6) is 0 Å². The SMILES string of the molecule is CC(C)NC(=O)Nc1ccc(C(=O)NCC2CCCNC2)cc1.Cl. The smallest absolute Gasteiger partial charge is 0.319 e. The molecule has 7 heteroatoms. The van der Waals surface area contributed by atoms with E-state index >= 15 is 0 Å². The summed E-state index contributed by atoms with van der Waals surface area (Å²) in [6.07, 6.45) is 2.32. The Morgan fingerprint density at radius 3 is 2.54 bits per heavy atom. The number of amides is 3. The average Bonchev–Trinajstić information content (AvgIpc) is 2.53. The lowest BCUT2D eigenvalue weighted by molar-refractivity contribution is 0.0945. The summed E-state index contributed by atoms with van der Waals surface area (Å²) in [6, 6.07) is 6.74. The summed E-state index contributed by atoms with van der Waals surface area (Å²) in [5.74, 6) is 0.433. The molecule has 1 aromatic rings. The number of hydrogen-bond donors (Lipinski definition) is 4. The van der Waals surface area contributed by atoms with E-state index in [1.165, 1.54) is 6.42 Å². The first kappa shape index (κ1) is 20.3. The minimum Gasteiger partial charge on any atom is -0.352 e. The third-order valence-corrected chi connectivity index (χ3v) is 3.77. The van der Waals surface area contributed by atoms with E-state index in [1.54, 1.807) is 24.3 Å². The molecule has 1 aliphatic rings. The number of benzene rings is 1. The Labute approximate surface area is 149 Å². The zero-order valence-electron chi connectivity index (χ0n) is 14.2. The van der Waals surface area contributed by atoms with E-state index in [0.717, 1.165) is 19.5 Å². The van der Waals surface area contributed by atoms with Crippen molar-refractivity contribution in [2.24, 2.45) is 5.92 Å². The van der Waals surface area contributed by atoms with Gasteiger partial charge in [-0.3, -0.25) is 4.79 Å². The van der Waals surface area contributed by atoms with Gasteiger partial charge in [0.05, 0.1) is 0 Å². The normalized spacial score (nSPS) is 16.9. The molecule has 0 saturated carbocycles. The highest BCUT2D eigenvalue weighted by atomic mass is 35.5. The number of carbonyl (C=O) groups excluding carboxylic acids is 2. The van der Waals surface area contributed by atoms with Gasteiger partial charge >= 0.3 is 6.03 Å². The maximum Gasteiger partial charge on any atom is 0.319 e. The molecule has 1 atom stereocenters. The van der Waals surface area contributed by atoms with Gasteiger partial charge in [-0.25, -0.2) is 4.79 Å². The standard InChI is InChI=1S/C17H26N4O2.ClH/c1-12(2)20-17(23)21-15-7-5-14(6-8-15)16(22)19-11-13-4-3-9-18-10-13;/h5-8,12-13,18H,3-4,9-11H2,1-2H3,(H,19,22)(H2,20,21,23);1H. The first-order valence-electron chi connectivity index (χ1n) is 8.21. The van der Waals surface area contributed by atoms with Gasteiger partial charge in [-0.1, -0.05) is 0 Å². The van der Waals surface area contributed by atoms with Crippen molar-refractivity contribution >= 4 is 30.0 Å². The Kier molecular flexibility index (Phi) is 8.57. The number of urea groups is 1. The third kappa shape index (κ3) is 6.76. The van der Waals surface area contributed by atoms with Crippen molar-refractivity contribution in [3.8, 4) is 0 Å². The van der Waals surface area contributed by atoms with Crippen molar-refractivity contribution in [2.45, 2.75) is 32.7 Å². The van der Waals surface area contributed by atoms with Crippen molar-refractivity contribution in [2.75, 3.05) is 25.0 Å². The second kappa shape index (κ2) is 10.2. The largest absolute Gasteiger partial charge is 0.352 e. The molecule has 4 N–H and O–H groups in total. The van der Waals surface area contributed by atoms with Gasteiger partial charge in [0.15, 0.2) is 0 Å². The minimum absolute atomic E-state index is 0. The van der Waals surface area contributed by atoms with Gasteiger partial charge in [0.2, 0.25) is 0 Å². The molecule has 1 saturated heterocycles. The highest BCUT2D eigenvalue weighted by Crippen LogP contribution is 2.11. The van der Waals surface area contributed by atoms with E-state index in [9.17, 15) is 9.59 Å². The average molecular weight is 355 g/mol. The summed E-state index contributed by atoms with van der Waals surface area (Å²) in [6.45, 7) is 6.53. The van der Waals surface area contributed by atoms with Crippen LogP contribution >= 0.6 is 12.4 Å². The molecule has 1 heterocycles. The van der Waals surface area contributed by atoms with Crippen molar-refractivity contribution in [3.63, 3.8) is 0 Å². The zero-order chi connectivity index (χ0) is 16.7. The van der Waals surface area contributed by atoms with Crippen molar-refractivity contribution in [1.82, 2.24) is 16.0 Å². The molecule has 1 aliphatic heterocycles. The molecule has 1 unspecified atom stereocenters. The number of carbonyl (C=O) groups is 2. The summed E-state index contributed by atoms with van der Waals surface area (Å²) < 4.78 is 0. The first-order valence-corrected chi connectivity index (χ1v) is 8.21. The molecule has 1 aromatic carbocycles. The highest BCUT2D eigenvalue weighted by molar-refractivity contribution is 5.95. The molecule has 24 heavy (non-hydrogen) atoms. The van der Waals surface area contributed by atoms with Crippen LogP contribution in [0.15, 0.2) is 24.3 Å². The quantitative estimate of drug-likeness (QED) is 0.655. The van der Waals surface area contributed by atoms with Crippen LogP contribution in [0.25, 0.3) is 0 Å². The molecule has 3 amide bonds. The fourth-order valence-corrected chi connectivity index (χ4v) is 2.57. The Morgan fingerprint density at radius 2 is 1.96 bits per heavy atom. The third-order valence-electron chi connectivity index (χ3n) is 3.77. The summed E-state index contributed by atoms with van der Waals surface area (Å²) >= 11 is 0. The molecule has 6 nitrogen and oxygen atoms in total. The van der Waals surface area contributed by atoms with Crippen LogP contribution in [0.2, 0.25) is 0 Å². The van der Waals surface area contributed by atoms with Crippen LogP contribution in [0.4, 0.5) is 10.5 Å². The minimum atomic E-state index is -0.248. The fraction of sp³-hybridized carbons (Fsp3) is 0.529. The van der Waals surface area contributed by atoms with Crippen molar-refractivity contribution in [1.29, 1.82) is 0 Å². The molecule has 0 bridgehead atoms. The topological polar surface area (TPSA) is 82.3 Å². The second-order valence-electron chi connectivity index (χ2n) is 6.25. The predicted octanol–water partition coefficient (Wildman–Crippen LogP) is 2.37. The highest BCUT2D eigenvalue weighted by Gasteiger charge is 2.14. The van der Waals surface area contributed by atoms with Gasteiger partial charge in [0, 0.05) is 23.8 Å². The summed E-state index contributed by atoms with van der Waals surface area (Å²) in [4.78, 5) is 23.7. The van der Waals surface area contributed by atoms with Gasteiger partial charge in [-0.05, 0) is 70.0 Å². The van der Waals surface area contributed by atoms with Crippen LogP contribution in [0.1, 0.15) is 37.0 Å². The van der Waals surface area contributed by atoms with E-state index in [4.69, 9.17) is 0 Å². The lowest BCUT2D eigenvalue weighted by atomic mass is 9.99. The number of rotatable bonds is 5. The summed E-state index contributed by atoms with van der Waals surface area (Å²) in [7, 11) is 0. The van der Waals surface area contributed by atoms with Crippen LogP contribution in [0, 0.1) is 5.92 Å². The van der Waals surface area contributed by atoms with Gasteiger partial charge < -0.3 is 21.3 Å². The molecular formula is C17H27ClN4O2. The fourth-order valence-electron chi connectivity index (χ4n) is 2.57. The van der Waals surface area contributed by atoms with Crippen LogP contribution in [-0.2, 0) is 0 Å². The maximum atomic E-state index is 12.1. The van der Waals surface area contributed by atoms with Crippen LogP contribution in [0.3, 0.4) is 0 Å². The lowest BCUT2D eigenvalue weighted by Crippen LogP contribution is -2.38. The molecular weight excluding hydrogens is 328 g/mol. The summed E-state index contributed by atoms with van der Waals surface area (Å²) in [5, 5.41) is 11.8. The molecule has 134 valence electrons. The molecule has 0 aromatic heterocycles. The predicted molar refractivity (Wildman–Crippen MR) is 98.9 cm³/mol. The Balaban J connectivity index is 0.00000288. The zero-order valence-corrected chi connectivity index (χ0v) is 15.0. The molecule has 0 aliphatic carbocycles. The molecule has 1 fully saturated rings. The number of anilines is 1. The van der Waals surface area contributed by atoms with E-state index in [1.807, 2.05) is 13.8 Å². The van der Waals surface area contributed by atoms with Crippen molar-refractivity contribution in [3.05, 3.63) is 29.8 Å². The van der Waals surface area contributed by atoms with E-state index in [0.29, 0.717) is 23.7 Å². The second-order valence-corrected chi connectivity index (χ2v) is 6.25. The van der Waals surface area contributed by atoms with Gasteiger partial charge in [-0.2, -0.15) is 0 Å². The maximum absolute atomic E-state index is 12.1. The lowest BCUT2D eigenvalue weighted by Gasteiger charge is -2.22. The number of hydrogen-bond acceptors (Lipinski definition) is 3. The molecule has 2 rings (SSSR count). The van der Waals surface area contributed by atoms with Crippen molar-refractivity contribution < 1.29 is 9.59 Å². The molecule has 0 radical (unpaired) electrons. The first-order chi connectivity index (χ1) is 11.0. The van der Waals surface area contributed by atoms with E-state index in [2.05, 4.69) is 21.3 Å². The van der Waals surface area contributed by atoms with Gasteiger partial charge in [0.25, 0.3) is 5.91 Å².